The van der Waals surface area contributed by atoms with Gasteiger partial charge in [-0.2, -0.15) is 0 Å². The van der Waals surface area contributed by atoms with Crippen molar-refractivity contribution in [2.24, 2.45) is 4.99 Å². The second-order valence-electron chi connectivity index (χ2n) is 3.12. The molecule has 0 aliphatic heterocycles. The highest BCUT2D eigenvalue weighted by Gasteiger charge is 2.09. The fourth-order valence-corrected chi connectivity index (χ4v) is 2.03. The van der Waals surface area contributed by atoms with Crippen LogP contribution in [0.1, 0.15) is 18.1 Å². The molecule has 15 heavy (non-hydrogen) atoms. The Morgan fingerprint density at radius 2 is 2.20 bits per heavy atom. The van der Waals surface area contributed by atoms with Gasteiger partial charge in [0.25, 0.3) is 0 Å². The van der Waals surface area contributed by atoms with Gasteiger partial charge in [0.05, 0.1) is 7.11 Å². The monoisotopic (exact) mass is 223 g/mol. The van der Waals surface area contributed by atoms with E-state index in [9.17, 15) is 0 Å². The predicted octanol–water partition coefficient (Wildman–Crippen LogP) is 3.00. The quantitative estimate of drug-likeness (QED) is 0.580. The molecule has 0 saturated heterocycles. The summed E-state index contributed by atoms with van der Waals surface area (Å²) in [4.78, 5) is 4.26. The lowest BCUT2D eigenvalue weighted by Gasteiger charge is -2.10. The van der Waals surface area contributed by atoms with E-state index in [-0.39, 0.29) is 0 Å². The molecule has 0 aliphatic rings. The Labute approximate surface area is 95.8 Å². The Kier molecular flexibility index (Phi) is 4.69. The topological polar surface area (TPSA) is 21.6 Å². The summed E-state index contributed by atoms with van der Waals surface area (Å²) in [6, 6.07) is 6.25. The second kappa shape index (κ2) is 5.81. The summed E-state index contributed by atoms with van der Waals surface area (Å²) in [5.74, 6) is 0.891. The highest BCUT2D eigenvalue weighted by atomic mass is 32.2. The molecule has 2 nitrogen and oxygen atoms in total. The number of methoxy groups -OCH3 is 1. The third kappa shape index (κ3) is 2.75. The first-order valence-corrected chi connectivity index (χ1v) is 6.17. The van der Waals surface area contributed by atoms with Crippen molar-refractivity contribution in [3.05, 3.63) is 29.3 Å². The highest BCUT2D eigenvalue weighted by molar-refractivity contribution is 8.13. The molecule has 0 heterocycles. The summed E-state index contributed by atoms with van der Waals surface area (Å²) < 4.78 is 5.34. The van der Waals surface area contributed by atoms with Crippen LogP contribution in [0.2, 0.25) is 0 Å². The highest BCUT2D eigenvalue weighted by Crippen LogP contribution is 2.24. The molecule has 0 unspecified atom stereocenters. The Morgan fingerprint density at radius 1 is 1.47 bits per heavy atom. The minimum absolute atomic E-state index is 0.891. The zero-order chi connectivity index (χ0) is 11.3. The normalized spacial score (nSPS) is 11.6. The maximum Gasteiger partial charge on any atom is 0.128 e. The summed E-state index contributed by atoms with van der Waals surface area (Å²) in [6.45, 7) is 2.15. The molecule has 0 spiro atoms. The average molecular weight is 223 g/mol. The molecule has 0 radical (unpaired) electrons. The lowest BCUT2D eigenvalue weighted by molar-refractivity contribution is 0.414. The number of thioether (sulfide) groups is 1. The first-order valence-electron chi connectivity index (χ1n) is 4.94. The van der Waals surface area contributed by atoms with E-state index < -0.39 is 0 Å². The van der Waals surface area contributed by atoms with Crippen molar-refractivity contribution in [3.63, 3.8) is 0 Å². The third-order valence-electron chi connectivity index (χ3n) is 2.30. The van der Waals surface area contributed by atoms with Crippen molar-refractivity contribution in [1.29, 1.82) is 0 Å². The van der Waals surface area contributed by atoms with Gasteiger partial charge in [0.15, 0.2) is 0 Å². The van der Waals surface area contributed by atoms with Crippen LogP contribution < -0.4 is 4.74 Å². The van der Waals surface area contributed by atoms with Crippen molar-refractivity contribution in [2.75, 3.05) is 20.4 Å². The van der Waals surface area contributed by atoms with Gasteiger partial charge in [0, 0.05) is 12.6 Å². The summed E-state index contributed by atoms with van der Waals surface area (Å²) in [6.07, 6.45) is 3.06. The number of nitrogens with zero attached hydrogens (tertiary/aromatic N) is 1. The minimum atomic E-state index is 0.891. The summed E-state index contributed by atoms with van der Waals surface area (Å²) in [5.41, 5.74) is 2.40. The number of hydrogen-bond acceptors (Lipinski definition) is 3. The van der Waals surface area contributed by atoms with Gasteiger partial charge in [0.1, 0.15) is 10.8 Å². The number of rotatable bonds is 3. The molecule has 0 N–H and O–H groups in total. The molecule has 1 rings (SSSR count). The standard InChI is InChI=1S/C12H17NOS/c1-5-9-6-7-11(14-3)10(8-9)12(13-2)15-4/h6-8H,5H2,1-4H3. The third-order valence-corrected chi connectivity index (χ3v) is 3.09. The van der Waals surface area contributed by atoms with E-state index >= 15 is 0 Å². The van der Waals surface area contributed by atoms with Gasteiger partial charge >= 0.3 is 0 Å². The van der Waals surface area contributed by atoms with E-state index in [1.807, 2.05) is 19.4 Å². The van der Waals surface area contributed by atoms with Gasteiger partial charge in [-0.25, -0.2) is 0 Å². The van der Waals surface area contributed by atoms with Crippen molar-refractivity contribution >= 4 is 16.8 Å². The van der Waals surface area contributed by atoms with Crippen LogP contribution in [0, 0.1) is 0 Å². The molecule has 0 aromatic heterocycles. The van der Waals surface area contributed by atoms with E-state index in [0.717, 1.165) is 22.8 Å². The Balaban J connectivity index is 3.22. The van der Waals surface area contributed by atoms with Gasteiger partial charge < -0.3 is 4.74 Å². The maximum absolute atomic E-state index is 5.34. The first-order chi connectivity index (χ1) is 7.26. The Hall–Kier alpha value is -0.960. The molecule has 0 saturated carbocycles. The van der Waals surface area contributed by atoms with Gasteiger partial charge in [-0.3, -0.25) is 4.99 Å². The van der Waals surface area contributed by atoms with E-state index in [2.05, 4.69) is 24.0 Å². The summed E-state index contributed by atoms with van der Waals surface area (Å²) in [5, 5.41) is 1.02. The van der Waals surface area contributed by atoms with Crippen LogP contribution in [-0.4, -0.2) is 25.5 Å². The number of benzene rings is 1. The summed E-state index contributed by atoms with van der Waals surface area (Å²) in [7, 11) is 3.50. The van der Waals surface area contributed by atoms with Gasteiger partial charge in [-0.05, 0) is 30.4 Å². The lowest BCUT2D eigenvalue weighted by Crippen LogP contribution is -2.00. The van der Waals surface area contributed by atoms with Crippen molar-refractivity contribution < 1.29 is 4.74 Å². The van der Waals surface area contributed by atoms with E-state index in [0.29, 0.717) is 0 Å². The van der Waals surface area contributed by atoms with Crippen molar-refractivity contribution in [3.8, 4) is 5.75 Å². The Morgan fingerprint density at radius 3 is 2.67 bits per heavy atom. The molecule has 0 amide bonds. The Bertz CT molecular complexity index is 361. The molecule has 1 aromatic carbocycles. The fourth-order valence-electron chi connectivity index (χ4n) is 1.46. The van der Waals surface area contributed by atoms with Crippen LogP contribution in [0.3, 0.4) is 0 Å². The van der Waals surface area contributed by atoms with Crippen molar-refractivity contribution in [2.45, 2.75) is 13.3 Å². The fraction of sp³-hybridized carbons (Fsp3) is 0.417. The van der Waals surface area contributed by atoms with Gasteiger partial charge in [-0.15, -0.1) is 11.8 Å². The number of hydrogen-bond donors (Lipinski definition) is 0. The van der Waals surface area contributed by atoms with E-state index in [1.165, 1.54) is 5.56 Å². The van der Waals surface area contributed by atoms with Crippen LogP contribution >= 0.6 is 11.8 Å². The largest absolute Gasteiger partial charge is 0.496 e. The first kappa shape index (κ1) is 12.1. The molecule has 0 fully saturated rings. The molecule has 82 valence electrons. The number of aryl methyl sites for hydroxylation is 1. The van der Waals surface area contributed by atoms with Gasteiger partial charge in [-0.1, -0.05) is 13.0 Å². The molecular formula is C12H17NOS. The average Bonchev–Trinajstić information content (AvgIpc) is 2.30. The maximum atomic E-state index is 5.34. The SMILES string of the molecule is CCc1ccc(OC)c(C(=NC)SC)c1. The molecule has 3 heteroatoms. The van der Waals surface area contributed by atoms with E-state index in [4.69, 9.17) is 4.74 Å². The predicted molar refractivity (Wildman–Crippen MR) is 68.3 cm³/mol. The zero-order valence-electron chi connectivity index (χ0n) is 9.70. The van der Waals surface area contributed by atoms with Gasteiger partial charge in [0.2, 0.25) is 0 Å². The van der Waals surface area contributed by atoms with Crippen LogP contribution in [-0.2, 0) is 6.42 Å². The number of aliphatic imine (C=N–C) groups is 1. The smallest absolute Gasteiger partial charge is 0.128 e. The lowest BCUT2D eigenvalue weighted by atomic mass is 10.1. The van der Waals surface area contributed by atoms with Crippen LogP contribution in [0.15, 0.2) is 23.2 Å². The minimum Gasteiger partial charge on any atom is -0.496 e. The van der Waals surface area contributed by atoms with E-state index in [1.54, 1.807) is 18.9 Å². The number of ether oxygens (including phenoxy) is 1. The second-order valence-corrected chi connectivity index (χ2v) is 3.92. The zero-order valence-corrected chi connectivity index (χ0v) is 10.5. The van der Waals surface area contributed by atoms with Crippen LogP contribution in [0.5, 0.6) is 5.75 Å². The van der Waals surface area contributed by atoms with Crippen LogP contribution in [0.25, 0.3) is 0 Å². The molecule has 0 aliphatic carbocycles. The van der Waals surface area contributed by atoms with Crippen molar-refractivity contribution in [1.82, 2.24) is 0 Å². The van der Waals surface area contributed by atoms with Crippen LogP contribution in [0.4, 0.5) is 0 Å². The molecular weight excluding hydrogens is 206 g/mol. The molecule has 0 atom stereocenters. The summed E-state index contributed by atoms with van der Waals surface area (Å²) >= 11 is 1.64. The molecule has 0 bridgehead atoms. The molecule has 1 aromatic rings.